The Morgan fingerprint density at radius 1 is 1.12 bits per heavy atom. The fourth-order valence-corrected chi connectivity index (χ4v) is 3.71. The number of nitrogens with one attached hydrogen (secondary N) is 1. The van der Waals surface area contributed by atoms with E-state index in [1.165, 1.54) is 32.1 Å². The highest BCUT2D eigenvalue weighted by atomic mass is 16.2. The summed E-state index contributed by atoms with van der Waals surface area (Å²) in [6.07, 6.45) is 6.49. The summed E-state index contributed by atoms with van der Waals surface area (Å²) < 4.78 is 0. The number of amides is 2. The first-order chi connectivity index (χ1) is 11.6. The van der Waals surface area contributed by atoms with E-state index in [0.717, 1.165) is 24.5 Å². The van der Waals surface area contributed by atoms with Gasteiger partial charge in [-0.2, -0.15) is 0 Å². The van der Waals surface area contributed by atoms with Crippen molar-refractivity contribution in [2.75, 3.05) is 29.9 Å². The number of nitrogens with zero attached hydrogens (tertiary/aromatic N) is 2. The number of carbonyl (C=O) groups excluding carboxylic acids is 2. The second-order valence-electron chi connectivity index (χ2n) is 6.93. The van der Waals surface area contributed by atoms with E-state index in [4.69, 9.17) is 0 Å². The molecule has 0 aromatic heterocycles. The van der Waals surface area contributed by atoms with Crippen LogP contribution in [-0.4, -0.2) is 42.4 Å². The van der Waals surface area contributed by atoms with Crippen molar-refractivity contribution in [1.82, 2.24) is 4.90 Å². The van der Waals surface area contributed by atoms with Crippen LogP contribution in [0.5, 0.6) is 0 Å². The van der Waals surface area contributed by atoms with Crippen LogP contribution in [0.1, 0.15) is 45.4 Å². The third-order valence-electron chi connectivity index (χ3n) is 4.94. The smallest absolute Gasteiger partial charge is 0.241 e. The monoisotopic (exact) mass is 329 g/mol. The van der Waals surface area contributed by atoms with E-state index >= 15 is 0 Å². The number of hydrogen-bond acceptors (Lipinski definition) is 3. The molecule has 0 spiro atoms. The highest BCUT2D eigenvalue weighted by Gasteiger charge is 2.30. The van der Waals surface area contributed by atoms with Crippen LogP contribution in [0.2, 0.25) is 0 Å². The lowest BCUT2D eigenvalue weighted by Gasteiger charge is -2.31. The first-order valence-corrected chi connectivity index (χ1v) is 9.08. The fraction of sp³-hybridized carbons (Fsp3) is 0.579. The molecule has 0 saturated carbocycles. The number of carbonyl (C=O) groups is 2. The molecule has 1 atom stereocenters. The molecule has 1 fully saturated rings. The molecule has 1 saturated heterocycles. The van der Waals surface area contributed by atoms with Crippen LogP contribution in [0, 0.1) is 0 Å². The molecule has 0 radical (unpaired) electrons. The average molecular weight is 329 g/mol. The second kappa shape index (κ2) is 7.79. The van der Waals surface area contributed by atoms with Crippen molar-refractivity contribution in [3.8, 4) is 0 Å². The molecule has 5 nitrogen and oxygen atoms in total. The molecule has 3 rings (SSSR count). The Morgan fingerprint density at radius 3 is 2.54 bits per heavy atom. The Hall–Kier alpha value is -1.88. The van der Waals surface area contributed by atoms with Crippen molar-refractivity contribution in [2.45, 2.75) is 51.5 Å². The number of likely N-dealkylation sites (tertiary alicyclic amines) is 1. The van der Waals surface area contributed by atoms with Crippen molar-refractivity contribution >= 4 is 23.2 Å². The van der Waals surface area contributed by atoms with Crippen LogP contribution in [-0.2, 0) is 9.59 Å². The topological polar surface area (TPSA) is 52.7 Å². The van der Waals surface area contributed by atoms with Gasteiger partial charge < -0.3 is 10.2 Å². The average Bonchev–Trinajstić information content (AvgIpc) is 2.64. The van der Waals surface area contributed by atoms with E-state index in [-0.39, 0.29) is 17.9 Å². The van der Waals surface area contributed by atoms with Gasteiger partial charge in [0.2, 0.25) is 11.8 Å². The van der Waals surface area contributed by atoms with Gasteiger partial charge in [0.1, 0.15) is 0 Å². The van der Waals surface area contributed by atoms with E-state index in [0.29, 0.717) is 13.0 Å². The Kier molecular flexibility index (Phi) is 5.51. The number of fused-ring (bicyclic) bond motifs is 1. The molecule has 0 bridgehead atoms. The minimum Gasteiger partial charge on any atom is -0.324 e. The van der Waals surface area contributed by atoms with Crippen molar-refractivity contribution in [3.05, 3.63) is 24.3 Å². The van der Waals surface area contributed by atoms with Crippen LogP contribution >= 0.6 is 0 Å². The lowest BCUT2D eigenvalue weighted by molar-refractivity contribution is -0.120. The van der Waals surface area contributed by atoms with Crippen LogP contribution in [0.15, 0.2) is 24.3 Å². The maximum absolute atomic E-state index is 13.0. The summed E-state index contributed by atoms with van der Waals surface area (Å²) in [5.74, 6) is 0.0588. The summed E-state index contributed by atoms with van der Waals surface area (Å²) in [7, 11) is 0. The number of anilines is 2. The van der Waals surface area contributed by atoms with Crippen LogP contribution < -0.4 is 10.2 Å². The van der Waals surface area contributed by atoms with Crippen LogP contribution in [0.25, 0.3) is 0 Å². The first-order valence-electron chi connectivity index (χ1n) is 9.08. The number of para-hydroxylation sites is 2. The molecule has 1 aromatic rings. The van der Waals surface area contributed by atoms with Crippen molar-refractivity contribution < 1.29 is 9.59 Å². The molecule has 2 heterocycles. The highest BCUT2D eigenvalue weighted by Crippen LogP contribution is 2.31. The van der Waals surface area contributed by atoms with E-state index in [9.17, 15) is 9.59 Å². The van der Waals surface area contributed by atoms with Gasteiger partial charge in [0.15, 0.2) is 0 Å². The van der Waals surface area contributed by atoms with Gasteiger partial charge in [-0.3, -0.25) is 14.5 Å². The summed E-state index contributed by atoms with van der Waals surface area (Å²) in [6.45, 7) is 4.37. The molecule has 2 aliphatic heterocycles. The number of benzene rings is 1. The van der Waals surface area contributed by atoms with Gasteiger partial charge in [-0.15, -0.1) is 0 Å². The lowest BCUT2D eigenvalue weighted by Crippen LogP contribution is -2.45. The van der Waals surface area contributed by atoms with Gasteiger partial charge in [-0.1, -0.05) is 31.4 Å². The Labute approximate surface area is 144 Å². The molecule has 5 heteroatoms. The van der Waals surface area contributed by atoms with E-state index < -0.39 is 0 Å². The molecule has 0 aliphatic carbocycles. The summed E-state index contributed by atoms with van der Waals surface area (Å²) in [5, 5.41) is 2.91. The Morgan fingerprint density at radius 2 is 1.79 bits per heavy atom. The summed E-state index contributed by atoms with van der Waals surface area (Å²) in [4.78, 5) is 29.2. The van der Waals surface area contributed by atoms with Gasteiger partial charge in [0.25, 0.3) is 0 Å². The summed E-state index contributed by atoms with van der Waals surface area (Å²) >= 11 is 0. The standard InChI is InChI=1S/C19H27N3O2/c1-15-13-18(23)20-16-9-5-6-10-17(16)22(15)19(24)14-21-11-7-3-2-4-8-12-21/h5-6,9-10,15H,2-4,7-8,11-14H2,1H3,(H,20,23)/t15-/m1/s1. The highest BCUT2D eigenvalue weighted by molar-refractivity contribution is 6.04. The van der Waals surface area contributed by atoms with Gasteiger partial charge >= 0.3 is 0 Å². The van der Waals surface area contributed by atoms with Gasteiger partial charge in [-0.05, 0) is 45.0 Å². The molecule has 2 aliphatic rings. The van der Waals surface area contributed by atoms with E-state index in [1.54, 1.807) is 0 Å². The zero-order chi connectivity index (χ0) is 16.9. The maximum atomic E-state index is 13.0. The Balaban J connectivity index is 1.78. The summed E-state index contributed by atoms with van der Waals surface area (Å²) in [5.41, 5.74) is 1.54. The fourth-order valence-electron chi connectivity index (χ4n) is 3.71. The third-order valence-corrected chi connectivity index (χ3v) is 4.94. The zero-order valence-electron chi connectivity index (χ0n) is 14.5. The first kappa shape index (κ1) is 17.0. The van der Waals surface area contributed by atoms with E-state index in [2.05, 4.69) is 10.2 Å². The van der Waals surface area contributed by atoms with Gasteiger partial charge in [0.05, 0.1) is 17.9 Å². The predicted molar refractivity (Wildman–Crippen MR) is 96.2 cm³/mol. The third kappa shape index (κ3) is 3.96. The molecule has 0 unspecified atom stereocenters. The molecule has 1 N–H and O–H groups in total. The second-order valence-corrected chi connectivity index (χ2v) is 6.93. The normalized spacial score (nSPS) is 22.8. The zero-order valence-corrected chi connectivity index (χ0v) is 14.5. The SMILES string of the molecule is C[C@@H]1CC(=O)Nc2ccccc2N1C(=O)CN1CCCCCCC1. The Bertz CT molecular complexity index is 594. The molecule has 24 heavy (non-hydrogen) atoms. The van der Waals surface area contributed by atoms with Crippen molar-refractivity contribution in [2.24, 2.45) is 0 Å². The quantitative estimate of drug-likeness (QED) is 0.907. The predicted octanol–water partition coefficient (Wildman–Crippen LogP) is 3.02. The minimum atomic E-state index is -0.129. The maximum Gasteiger partial charge on any atom is 0.241 e. The van der Waals surface area contributed by atoms with Crippen molar-refractivity contribution in [1.29, 1.82) is 0 Å². The molecular formula is C19H27N3O2. The lowest BCUT2D eigenvalue weighted by atomic mass is 10.1. The molecule has 1 aromatic carbocycles. The van der Waals surface area contributed by atoms with Gasteiger partial charge in [0, 0.05) is 12.5 Å². The molecule has 2 amide bonds. The van der Waals surface area contributed by atoms with Gasteiger partial charge in [-0.25, -0.2) is 0 Å². The van der Waals surface area contributed by atoms with E-state index in [1.807, 2.05) is 36.1 Å². The molecule has 130 valence electrons. The van der Waals surface area contributed by atoms with Crippen molar-refractivity contribution in [3.63, 3.8) is 0 Å². The summed E-state index contributed by atoms with van der Waals surface area (Å²) in [6, 6.07) is 7.45. The molecular weight excluding hydrogens is 302 g/mol. The minimum absolute atomic E-state index is 0.0310. The van der Waals surface area contributed by atoms with Crippen LogP contribution in [0.3, 0.4) is 0 Å². The number of hydrogen-bond donors (Lipinski definition) is 1. The number of rotatable bonds is 2. The van der Waals surface area contributed by atoms with Crippen LogP contribution in [0.4, 0.5) is 11.4 Å². The largest absolute Gasteiger partial charge is 0.324 e.